The van der Waals surface area contributed by atoms with Gasteiger partial charge >= 0.3 is 0 Å². The van der Waals surface area contributed by atoms with Crippen LogP contribution in [0.2, 0.25) is 0 Å². The van der Waals surface area contributed by atoms with E-state index in [-0.39, 0.29) is 0 Å². The van der Waals surface area contributed by atoms with Gasteiger partial charge in [0.2, 0.25) is 0 Å². The zero-order chi connectivity index (χ0) is 9.68. The molecule has 0 atom stereocenters. The standard InChI is InChI=1S/C9H12BrNS2/c10-9-4-2-1-3-8(9)5-11(6-12)7-13/h1-4,12-13H,5-7H2/p-2. The summed E-state index contributed by atoms with van der Waals surface area (Å²) in [6, 6.07) is 8.12. The third kappa shape index (κ3) is 3.54. The van der Waals surface area contributed by atoms with Gasteiger partial charge in [-0.1, -0.05) is 34.1 Å². The van der Waals surface area contributed by atoms with Crippen LogP contribution in [0.5, 0.6) is 0 Å². The van der Waals surface area contributed by atoms with Crippen LogP contribution >= 0.6 is 15.9 Å². The fraction of sp³-hybridized carbons (Fsp3) is 0.333. The Bertz CT molecular complexity index is 264. The van der Waals surface area contributed by atoms with Crippen molar-refractivity contribution in [1.29, 1.82) is 0 Å². The van der Waals surface area contributed by atoms with Crippen LogP contribution in [0.1, 0.15) is 5.56 Å². The zero-order valence-corrected chi connectivity index (χ0v) is 10.3. The average molecular weight is 276 g/mol. The SMILES string of the molecule is [S-]CN(C[S-])Cc1ccccc1Br. The van der Waals surface area contributed by atoms with Gasteiger partial charge in [-0.3, -0.25) is 0 Å². The maximum atomic E-state index is 4.96. The molecule has 0 aliphatic carbocycles. The number of hydrogen-bond acceptors (Lipinski definition) is 3. The summed E-state index contributed by atoms with van der Waals surface area (Å²) >= 11 is 13.4. The van der Waals surface area contributed by atoms with Gasteiger partial charge < -0.3 is 30.2 Å². The van der Waals surface area contributed by atoms with Crippen molar-refractivity contribution in [2.45, 2.75) is 6.54 Å². The van der Waals surface area contributed by atoms with Crippen LogP contribution in [0.3, 0.4) is 0 Å². The Kier molecular flexibility index (Phi) is 5.24. The van der Waals surface area contributed by atoms with E-state index in [1.54, 1.807) is 0 Å². The summed E-state index contributed by atoms with van der Waals surface area (Å²) in [7, 11) is 0. The van der Waals surface area contributed by atoms with Gasteiger partial charge in [-0.2, -0.15) is 0 Å². The normalized spacial score (nSPS) is 10.8. The Morgan fingerprint density at radius 2 is 1.77 bits per heavy atom. The average Bonchev–Trinajstić information content (AvgIpc) is 2.17. The molecule has 1 rings (SSSR count). The van der Waals surface area contributed by atoms with Crippen molar-refractivity contribution in [2.75, 3.05) is 11.8 Å². The fourth-order valence-corrected chi connectivity index (χ4v) is 1.89. The Morgan fingerprint density at radius 3 is 2.31 bits per heavy atom. The summed E-state index contributed by atoms with van der Waals surface area (Å²) in [4.78, 5) is 2.03. The smallest absolute Gasteiger partial charge is 0.0220 e. The Labute approximate surface area is 98.5 Å². The van der Waals surface area contributed by atoms with Gasteiger partial charge in [0.05, 0.1) is 0 Å². The number of rotatable bonds is 4. The quantitative estimate of drug-likeness (QED) is 0.777. The summed E-state index contributed by atoms with van der Waals surface area (Å²) in [5.41, 5.74) is 1.23. The molecule has 1 aromatic carbocycles. The second-order valence-corrected chi connectivity index (χ2v) is 4.05. The lowest BCUT2D eigenvalue weighted by Crippen LogP contribution is -2.23. The van der Waals surface area contributed by atoms with Gasteiger partial charge in [0.15, 0.2) is 0 Å². The van der Waals surface area contributed by atoms with Crippen molar-refractivity contribution < 1.29 is 0 Å². The van der Waals surface area contributed by atoms with Crippen LogP contribution in [0, 0.1) is 0 Å². The third-order valence-corrected chi connectivity index (χ3v) is 3.22. The van der Waals surface area contributed by atoms with E-state index in [0.717, 1.165) is 11.0 Å². The van der Waals surface area contributed by atoms with Crippen molar-refractivity contribution in [2.24, 2.45) is 0 Å². The molecule has 0 aliphatic rings. The fourth-order valence-electron chi connectivity index (χ4n) is 0.996. The highest BCUT2D eigenvalue weighted by Crippen LogP contribution is 2.17. The summed E-state index contributed by atoms with van der Waals surface area (Å²) in [6.07, 6.45) is 0. The lowest BCUT2D eigenvalue weighted by atomic mass is 10.2. The lowest BCUT2D eigenvalue weighted by molar-refractivity contribution is 0.371. The second-order valence-electron chi connectivity index (χ2n) is 2.68. The molecule has 0 bridgehead atoms. The molecule has 0 heterocycles. The van der Waals surface area contributed by atoms with Crippen molar-refractivity contribution in [3.05, 3.63) is 34.3 Å². The van der Waals surface area contributed by atoms with E-state index in [1.165, 1.54) is 5.56 Å². The molecular formula is C9H10BrNS2-2. The monoisotopic (exact) mass is 275 g/mol. The molecule has 0 unspecified atom stereocenters. The zero-order valence-electron chi connectivity index (χ0n) is 7.07. The summed E-state index contributed by atoms with van der Waals surface area (Å²) in [5, 5.41) is 0. The Hall–Kier alpha value is 0.360. The highest BCUT2D eigenvalue weighted by Gasteiger charge is 1.99. The van der Waals surface area contributed by atoms with Gasteiger partial charge in [-0.15, -0.1) is 11.8 Å². The topological polar surface area (TPSA) is 3.24 Å². The van der Waals surface area contributed by atoms with E-state index < -0.39 is 0 Å². The van der Waals surface area contributed by atoms with Crippen LogP contribution in [0.25, 0.3) is 0 Å². The molecule has 0 N–H and O–H groups in total. The molecule has 72 valence electrons. The molecule has 0 spiro atoms. The molecular weight excluding hydrogens is 266 g/mol. The predicted octanol–water partition coefficient (Wildman–Crippen LogP) is 2.26. The molecule has 1 aromatic rings. The maximum absolute atomic E-state index is 4.96. The first-order valence-corrected chi connectivity index (χ1v) is 5.84. The van der Waals surface area contributed by atoms with E-state index in [0.29, 0.717) is 11.8 Å². The summed E-state index contributed by atoms with van der Waals surface area (Å²) in [6.45, 7) is 0.828. The number of benzene rings is 1. The van der Waals surface area contributed by atoms with E-state index in [2.05, 4.69) is 22.0 Å². The molecule has 0 saturated heterocycles. The van der Waals surface area contributed by atoms with E-state index in [9.17, 15) is 0 Å². The first-order chi connectivity index (χ1) is 6.27. The lowest BCUT2D eigenvalue weighted by Gasteiger charge is -2.29. The van der Waals surface area contributed by atoms with Crippen LogP contribution < -0.4 is 0 Å². The van der Waals surface area contributed by atoms with Gasteiger partial charge in [-0.05, 0) is 11.6 Å². The molecule has 1 nitrogen and oxygen atoms in total. The Balaban J connectivity index is 2.67. The van der Waals surface area contributed by atoms with Gasteiger partial charge in [0, 0.05) is 11.0 Å². The van der Waals surface area contributed by atoms with E-state index >= 15 is 0 Å². The molecule has 0 radical (unpaired) electrons. The number of hydrogen-bond donors (Lipinski definition) is 0. The minimum atomic E-state index is 0.588. The van der Waals surface area contributed by atoms with Gasteiger partial charge in [0.1, 0.15) is 0 Å². The second kappa shape index (κ2) is 5.96. The summed E-state index contributed by atoms with van der Waals surface area (Å²) in [5.74, 6) is 1.18. The van der Waals surface area contributed by atoms with Crippen molar-refractivity contribution in [3.63, 3.8) is 0 Å². The van der Waals surface area contributed by atoms with Crippen LogP contribution in [-0.2, 0) is 31.8 Å². The molecule has 4 heteroatoms. The van der Waals surface area contributed by atoms with E-state index in [4.69, 9.17) is 25.3 Å². The van der Waals surface area contributed by atoms with Crippen molar-refractivity contribution in [1.82, 2.24) is 4.90 Å². The van der Waals surface area contributed by atoms with Crippen LogP contribution in [0.4, 0.5) is 0 Å². The van der Waals surface area contributed by atoms with Crippen LogP contribution in [0.15, 0.2) is 28.7 Å². The maximum Gasteiger partial charge on any atom is 0.0220 e. The van der Waals surface area contributed by atoms with Gasteiger partial charge in [-0.25, -0.2) is 0 Å². The Morgan fingerprint density at radius 1 is 1.15 bits per heavy atom. The minimum Gasteiger partial charge on any atom is -0.777 e. The highest BCUT2D eigenvalue weighted by atomic mass is 79.9. The number of nitrogens with zero attached hydrogens (tertiary/aromatic N) is 1. The predicted molar refractivity (Wildman–Crippen MR) is 64.1 cm³/mol. The van der Waals surface area contributed by atoms with Crippen molar-refractivity contribution >= 4 is 41.2 Å². The third-order valence-electron chi connectivity index (χ3n) is 1.72. The molecule has 0 saturated carbocycles. The molecule has 0 aliphatic heterocycles. The summed E-state index contributed by atoms with van der Waals surface area (Å²) < 4.78 is 1.12. The van der Waals surface area contributed by atoms with E-state index in [1.807, 2.05) is 23.1 Å². The van der Waals surface area contributed by atoms with Crippen molar-refractivity contribution in [3.8, 4) is 0 Å². The molecule has 0 fully saturated rings. The molecule has 0 aromatic heterocycles. The molecule has 13 heavy (non-hydrogen) atoms. The first-order valence-electron chi connectivity index (χ1n) is 3.90. The van der Waals surface area contributed by atoms with Gasteiger partial charge in [0.25, 0.3) is 0 Å². The first kappa shape index (κ1) is 11.4. The largest absolute Gasteiger partial charge is 0.777 e. The highest BCUT2D eigenvalue weighted by molar-refractivity contribution is 9.10. The number of halogens is 1. The molecule has 0 amide bonds. The van der Waals surface area contributed by atoms with Crippen LogP contribution in [-0.4, -0.2) is 16.7 Å². The minimum absolute atomic E-state index is 0.588.